The molecule has 0 bridgehead atoms. The van der Waals surface area contributed by atoms with Crippen molar-refractivity contribution < 1.29 is 13.2 Å². The topological polar surface area (TPSA) is 79.8 Å². The Labute approximate surface area is 203 Å². The number of nitrogens with zero attached hydrogens (tertiary/aromatic N) is 1. The predicted octanol–water partition coefficient (Wildman–Crippen LogP) is 4.06. The fourth-order valence-electron chi connectivity index (χ4n) is 3.03. The Morgan fingerprint density at radius 3 is 2.39 bits per heavy atom. The van der Waals surface area contributed by atoms with E-state index in [-0.39, 0.29) is 29.4 Å². The number of sulfone groups is 1. The molecule has 0 fully saturated rings. The van der Waals surface area contributed by atoms with Gasteiger partial charge >= 0.3 is 0 Å². The van der Waals surface area contributed by atoms with E-state index in [9.17, 15) is 8.42 Å². The molecule has 172 valence electrons. The molecule has 0 unspecified atom stereocenters. The number of hydrogen-bond acceptors (Lipinski definition) is 4. The third kappa shape index (κ3) is 8.68. The second-order valence-electron chi connectivity index (χ2n) is 8.35. The number of hydrogen-bond donors (Lipinski definition) is 2. The Hall–Kier alpha value is -1.81. The van der Waals surface area contributed by atoms with Gasteiger partial charge in [0.2, 0.25) is 0 Å². The minimum absolute atomic E-state index is 0. The van der Waals surface area contributed by atoms with Crippen LogP contribution >= 0.6 is 24.0 Å². The van der Waals surface area contributed by atoms with Gasteiger partial charge in [0.15, 0.2) is 15.8 Å². The van der Waals surface area contributed by atoms with E-state index in [1.807, 2.05) is 24.3 Å². The molecular formula is C23H34IN3O3S. The quantitative estimate of drug-likeness (QED) is 0.232. The van der Waals surface area contributed by atoms with Crippen molar-refractivity contribution in [3.05, 3.63) is 59.2 Å². The molecule has 6 nitrogen and oxygen atoms in total. The molecule has 8 heteroatoms. The summed E-state index contributed by atoms with van der Waals surface area (Å²) in [5.41, 5.74) is 3.05. The highest BCUT2D eigenvalue weighted by Crippen LogP contribution is 2.25. The molecule has 0 spiro atoms. The van der Waals surface area contributed by atoms with Crippen LogP contribution in [-0.4, -0.2) is 40.8 Å². The van der Waals surface area contributed by atoms with Gasteiger partial charge in [0.05, 0.1) is 11.4 Å². The first kappa shape index (κ1) is 27.2. The smallest absolute Gasteiger partial charge is 0.191 e. The van der Waals surface area contributed by atoms with Gasteiger partial charge in [-0.05, 0) is 47.2 Å². The molecule has 2 rings (SSSR count). The lowest BCUT2D eigenvalue weighted by Gasteiger charge is -2.20. The minimum Gasteiger partial charge on any atom is -0.492 e. The van der Waals surface area contributed by atoms with Crippen LogP contribution in [0.5, 0.6) is 5.75 Å². The summed E-state index contributed by atoms with van der Waals surface area (Å²) in [6.45, 7) is 10.00. The SMILES string of the molecule is CN=C(NCCOc1cccc(C(C)(C)C)c1)NCc1ccc(S(C)(=O)=O)c(C)c1.I. The van der Waals surface area contributed by atoms with Gasteiger partial charge in [0, 0.05) is 19.8 Å². The second-order valence-corrected chi connectivity index (χ2v) is 10.3. The first-order chi connectivity index (χ1) is 14.0. The standard InChI is InChI=1S/C23H33N3O3S.HI/c1-17-14-18(10-11-21(17)30(6,27)28)16-26-22(24-5)25-12-13-29-20-9-7-8-19(15-20)23(2,3)4;/h7-11,14-15H,12-13,16H2,1-6H3,(H2,24,25,26);1H. The zero-order valence-electron chi connectivity index (χ0n) is 19.2. The lowest BCUT2D eigenvalue weighted by Crippen LogP contribution is -2.38. The van der Waals surface area contributed by atoms with E-state index in [4.69, 9.17) is 4.74 Å². The average molecular weight is 560 g/mol. The zero-order chi connectivity index (χ0) is 22.4. The van der Waals surface area contributed by atoms with Crippen LogP contribution in [-0.2, 0) is 21.8 Å². The maximum Gasteiger partial charge on any atom is 0.191 e. The Bertz CT molecular complexity index is 999. The van der Waals surface area contributed by atoms with Crippen molar-refractivity contribution >= 4 is 39.8 Å². The Balaban J connectivity index is 0.00000480. The Morgan fingerprint density at radius 2 is 1.81 bits per heavy atom. The van der Waals surface area contributed by atoms with Crippen molar-refractivity contribution in [3.8, 4) is 5.75 Å². The molecule has 2 aromatic carbocycles. The molecule has 0 aliphatic heterocycles. The summed E-state index contributed by atoms with van der Waals surface area (Å²) in [6, 6.07) is 13.5. The van der Waals surface area contributed by atoms with Crippen molar-refractivity contribution in [2.75, 3.05) is 26.5 Å². The summed E-state index contributed by atoms with van der Waals surface area (Å²) >= 11 is 0. The number of aliphatic imine (C=N–C) groups is 1. The number of ether oxygens (including phenoxy) is 1. The second kappa shape index (κ2) is 11.7. The minimum atomic E-state index is -3.21. The zero-order valence-corrected chi connectivity index (χ0v) is 22.3. The number of nitrogens with one attached hydrogen (secondary N) is 2. The van der Waals surface area contributed by atoms with Crippen LogP contribution in [0.25, 0.3) is 0 Å². The van der Waals surface area contributed by atoms with Crippen molar-refractivity contribution in [3.63, 3.8) is 0 Å². The molecular weight excluding hydrogens is 525 g/mol. The van der Waals surface area contributed by atoms with E-state index in [1.54, 1.807) is 20.0 Å². The van der Waals surface area contributed by atoms with Crippen molar-refractivity contribution in [2.24, 2.45) is 4.99 Å². The Kier molecular flexibility index (Phi) is 10.3. The van der Waals surface area contributed by atoms with Gasteiger partial charge in [-0.25, -0.2) is 8.42 Å². The van der Waals surface area contributed by atoms with Crippen LogP contribution in [0.4, 0.5) is 0 Å². The lowest BCUT2D eigenvalue weighted by atomic mass is 9.87. The molecule has 0 atom stereocenters. The Morgan fingerprint density at radius 1 is 1.10 bits per heavy atom. The summed E-state index contributed by atoms with van der Waals surface area (Å²) in [5, 5.41) is 6.46. The van der Waals surface area contributed by atoms with Crippen molar-refractivity contribution in [1.82, 2.24) is 10.6 Å². The molecule has 0 radical (unpaired) electrons. The summed E-state index contributed by atoms with van der Waals surface area (Å²) in [7, 11) is -1.50. The van der Waals surface area contributed by atoms with Crippen LogP contribution in [0.2, 0.25) is 0 Å². The molecule has 0 saturated carbocycles. The molecule has 31 heavy (non-hydrogen) atoms. The van der Waals surface area contributed by atoms with E-state index in [0.717, 1.165) is 16.9 Å². The van der Waals surface area contributed by atoms with E-state index in [2.05, 4.69) is 48.5 Å². The first-order valence-electron chi connectivity index (χ1n) is 9.98. The first-order valence-corrected chi connectivity index (χ1v) is 11.9. The molecule has 2 N–H and O–H groups in total. The largest absolute Gasteiger partial charge is 0.492 e. The third-order valence-corrected chi connectivity index (χ3v) is 5.94. The van der Waals surface area contributed by atoms with E-state index in [1.165, 1.54) is 11.8 Å². The summed E-state index contributed by atoms with van der Waals surface area (Å²) in [5.74, 6) is 1.51. The summed E-state index contributed by atoms with van der Waals surface area (Å²) in [4.78, 5) is 4.58. The lowest BCUT2D eigenvalue weighted by molar-refractivity contribution is 0.321. The molecule has 0 amide bonds. The molecule has 0 aliphatic carbocycles. The molecule has 0 saturated heterocycles. The van der Waals surface area contributed by atoms with Crippen LogP contribution < -0.4 is 15.4 Å². The molecule has 0 aromatic heterocycles. The maximum absolute atomic E-state index is 11.7. The van der Waals surface area contributed by atoms with Crippen LogP contribution in [0.15, 0.2) is 52.4 Å². The maximum atomic E-state index is 11.7. The monoisotopic (exact) mass is 559 g/mol. The van der Waals surface area contributed by atoms with Gasteiger partial charge in [0.1, 0.15) is 12.4 Å². The number of benzene rings is 2. The van der Waals surface area contributed by atoms with Gasteiger partial charge in [-0.15, -0.1) is 24.0 Å². The van der Waals surface area contributed by atoms with Crippen LogP contribution in [0, 0.1) is 6.92 Å². The highest BCUT2D eigenvalue weighted by atomic mass is 127. The van der Waals surface area contributed by atoms with Gasteiger partial charge in [-0.3, -0.25) is 4.99 Å². The normalized spacial score (nSPS) is 12.1. The van der Waals surface area contributed by atoms with Gasteiger partial charge in [-0.2, -0.15) is 0 Å². The highest BCUT2D eigenvalue weighted by Gasteiger charge is 2.14. The highest BCUT2D eigenvalue weighted by molar-refractivity contribution is 14.0. The third-order valence-electron chi connectivity index (χ3n) is 4.69. The van der Waals surface area contributed by atoms with E-state index < -0.39 is 9.84 Å². The van der Waals surface area contributed by atoms with Gasteiger partial charge < -0.3 is 15.4 Å². The predicted molar refractivity (Wildman–Crippen MR) is 139 cm³/mol. The number of guanidine groups is 1. The van der Waals surface area contributed by atoms with Crippen LogP contribution in [0.3, 0.4) is 0 Å². The summed E-state index contributed by atoms with van der Waals surface area (Å²) < 4.78 is 29.3. The fourth-order valence-corrected chi connectivity index (χ4v) is 3.99. The molecule has 2 aromatic rings. The molecule has 0 heterocycles. The number of aryl methyl sites for hydroxylation is 1. The van der Waals surface area contributed by atoms with E-state index in [0.29, 0.717) is 30.6 Å². The van der Waals surface area contributed by atoms with Gasteiger partial charge in [-0.1, -0.05) is 45.0 Å². The van der Waals surface area contributed by atoms with Crippen molar-refractivity contribution in [2.45, 2.75) is 44.6 Å². The van der Waals surface area contributed by atoms with Gasteiger partial charge in [0.25, 0.3) is 0 Å². The fraction of sp³-hybridized carbons (Fsp3) is 0.435. The molecule has 0 aliphatic rings. The average Bonchev–Trinajstić information content (AvgIpc) is 2.66. The van der Waals surface area contributed by atoms with E-state index >= 15 is 0 Å². The number of halogens is 1. The summed E-state index contributed by atoms with van der Waals surface area (Å²) in [6.07, 6.45) is 1.22. The number of rotatable bonds is 7. The van der Waals surface area contributed by atoms with Crippen molar-refractivity contribution in [1.29, 1.82) is 0 Å². The van der Waals surface area contributed by atoms with Crippen LogP contribution in [0.1, 0.15) is 37.5 Å².